The highest BCUT2D eigenvalue weighted by Crippen LogP contribution is 2.23. The molecule has 0 saturated carbocycles. The third kappa shape index (κ3) is 5.43. The van der Waals surface area contributed by atoms with E-state index in [4.69, 9.17) is 0 Å². The Kier molecular flexibility index (Phi) is 6.03. The molecule has 0 spiro atoms. The Labute approximate surface area is 116 Å². The number of hydrogen-bond acceptors (Lipinski definition) is 2. The highest BCUT2D eigenvalue weighted by molar-refractivity contribution is 5.76. The van der Waals surface area contributed by atoms with Crippen LogP contribution in [-0.4, -0.2) is 17.1 Å². The summed E-state index contributed by atoms with van der Waals surface area (Å²) in [4.78, 5) is 11.5. The molecule has 106 valence electrons. The van der Waals surface area contributed by atoms with Gasteiger partial charge in [0, 0.05) is 12.5 Å². The first-order valence-corrected chi connectivity index (χ1v) is 6.94. The summed E-state index contributed by atoms with van der Waals surface area (Å²) in [6, 6.07) is 6.24. The molecule has 0 bridgehead atoms. The summed E-state index contributed by atoms with van der Waals surface area (Å²) in [6.45, 7) is 7.95. The van der Waals surface area contributed by atoms with Gasteiger partial charge in [-0.2, -0.15) is 0 Å². The molecule has 0 saturated heterocycles. The van der Waals surface area contributed by atoms with Gasteiger partial charge in [-0.3, -0.25) is 4.79 Å². The first-order chi connectivity index (χ1) is 8.90. The number of aryl methyl sites for hydroxylation is 2. The van der Waals surface area contributed by atoms with Gasteiger partial charge in [-0.1, -0.05) is 23.8 Å². The van der Waals surface area contributed by atoms with Gasteiger partial charge in [-0.05, 0) is 51.7 Å². The van der Waals surface area contributed by atoms with Crippen LogP contribution in [0.25, 0.3) is 0 Å². The first kappa shape index (κ1) is 15.7. The molecule has 3 nitrogen and oxygen atoms in total. The molecule has 1 unspecified atom stereocenters. The Morgan fingerprint density at radius 3 is 2.58 bits per heavy atom. The van der Waals surface area contributed by atoms with E-state index in [2.05, 4.69) is 11.4 Å². The van der Waals surface area contributed by atoms with Crippen molar-refractivity contribution in [2.75, 3.05) is 0 Å². The van der Waals surface area contributed by atoms with Crippen molar-refractivity contribution in [3.05, 3.63) is 34.9 Å². The van der Waals surface area contributed by atoms with Crippen molar-refractivity contribution in [2.45, 2.75) is 59.1 Å². The van der Waals surface area contributed by atoms with Crippen molar-refractivity contribution in [1.82, 2.24) is 5.32 Å². The largest absolute Gasteiger partial charge is 0.388 e. The molecule has 1 amide bonds. The number of aliphatic hydroxyl groups is 1. The van der Waals surface area contributed by atoms with Gasteiger partial charge >= 0.3 is 0 Å². The topological polar surface area (TPSA) is 49.3 Å². The lowest BCUT2D eigenvalue weighted by Gasteiger charge is -2.14. The minimum atomic E-state index is -0.479. The molecule has 1 rings (SSSR count). The van der Waals surface area contributed by atoms with Crippen molar-refractivity contribution in [3.8, 4) is 0 Å². The maximum atomic E-state index is 11.5. The predicted octanol–water partition coefficient (Wildman–Crippen LogP) is 3.03. The molecule has 0 aliphatic rings. The van der Waals surface area contributed by atoms with Crippen molar-refractivity contribution in [3.63, 3.8) is 0 Å². The van der Waals surface area contributed by atoms with Crippen molar-refractivity contribution in [1.29, 1.82) is 0 Å². The van der Waals surface area contributed by atoms with E-state index in [1.54, 1.807) is 0 Å². The Bertz CT molecular complexity index is 427. The molecule has 2 N–H and O–H groups in total. The van der Waals surface area contributed by atoms with E-state index in [9.17, 15) is 9.90 Å². The number of carbonyl (C=O) groups is 1. The molecular weight excluding hydrogens is 238 g/mol. The zero-order valence-electron chi connectivity index (χ0n) is 12.4. The molecule has 1 aromatic rings. The van der Waals surface area contributed by atoms with Gasteiger partial charge in [0.05, 0.1) is 6.10 Å². The van der Waals surface area contributed by atoms with Crippen LogP contribution < -0.4 is 5.32 Å². The van der Waals surface area contributed by atoms with E-state index in [-0.39, 0.29) is 11.9 Å². The second kappa shape index (κ2) is 7.29. The first-order valence-electron chi connectivity index (χ1n) is 6.94. The highest BCUT2D eigenvalue weighted by atomic mass is 16.3. The summed E-state index contributed by atoms with van der Waals surface area (Å²) in [5, 5.41) is 13.0. The van der Waals surface area contributed by atoms with Crippen LogP contribution in [0.1, 0.15) is 55.9 Å². The number of aliphatic hydroxyl groups excluding tert-OH is 1. The number of hydrogen-bond donors (Lipinski definition) is 2. The summed E-state index contributed by atoms with van der Waals surface area (Å²) >= 11 is 0. The molecule has 19 heavy (non-hydrogen) atoms. The predicted molar refractivity (Wildman–Crippen MR) is 78.0 cm³/mol. The summed E-state index contributed by atoms with van der Waals surface area (Å²) in [6.07, 6.45) is 1.32. The molecule has 0 aliphatic carbocycles. The molecule has 0 aromatic heterocycles. The monoisotopic (exact) mass is 263 g/mol. The molecule has 0 radical (unpaired) electrons. The maximum Gasteiger partial charge on any atom is 0.220 e. The molecule has 0 aliphatic heterocycles. The second-order valence-corrected chi connectivity index (χ2v) is 5.49. The second-order valence-electron chi connectivity index (χ2n) is 5.49. The summed E-state index contributed by atoms with van der Waals surface area (Å²) in [5.74, 6) is 0.0582. The van der Waals surface area contributed by atoms with E-state index >= 15 is 0 Å². The van der Waals surface area contributed by atoms with Gasteiger partial charge in [0.25, 0.3) is 0 Å². The molecule has 1 atom stereocenters. The van der Waals surface area contributed by atoms with E-state index < -0.39 is 6.10 Å². The summed E-state index contributed by atoms with van der Waals surface area (Å²) < 4.78 is 0. The van der Waals surface area contributed by atoms with Gasteiger partial charge in [0.1, 0.15) is 0 Å². The number of nitrogens with one attached hydrogen (secondary N) is 1. The minimum absolute atomic E-state index is 0.0582. The van der Waals surface area contributed by atoms with Gasteiger partial charge in [0.15, 0.2) is 0 Å². The van der Waals surface area contributed by atoms with E-state index in [0.717, 1.165) is 11.1 Å². The van der Waals surface area contributed by atoms with Crippen molar-refractivity contribution in [2.24, 2.45) is 0 Å². The zero-order chi connectivity index (χ0) is 14.4. The lowest BCUT2D eigenvalue weighted by molar-refractivity contribution is -0.121. The fraction of sp³-hybridized carbons (Fsp3) is 0.562. The fourth-order valence-electron chi connectivity index (χ4n) is 2.21. The normalized spacial score (nSPS) is 12.5. The van der Waals surface area contributed by atoms with Gasteiger partial charge in [0.2, 0.25) is 5.91 Å². The summed E-state index contributed by atoms with van der Waals surface area (Å²) in [5.41, 5.74) is 3.28. The molecule has 0 heterocycles. The molecular formula is C16H25NO2. The van der Waals surface area contributed by atoms with Crippen LogP contribution in [0, 0.1) is 13.8 Å². The number of benzene rings is 1. The van der Waals surface area contributed by atoms with Gasteiger partial charge in [-0.25, -0.2) is 0 Å². The van der Waals surface area contributed by atoms with Crippen LogP contribution in [0.5, 0.6) is 0 Å². The molecule has 3 heteroatoms. The van der Waals surface area contributed by atoms with E-state index in [1.165, 1.54) is 5.56 Å². The lowest BCUT2D eigenvalue weighted by Crippen LogP contribution is -2.29. The average molecular weight is 263 g/mol. The van der Waals surface area contributed by atoms with Crippen LogP contribution in [0.3, 0.4) is 0 Å². The highest BCUT2D eigenvalue weighted by Gasteiger charge is 2.11. The van der Waals surface area contributed by atoms with Gasteiger partial charge in [-0.15, -0.1) is 0 Å². The Balaban J connectivity index is 2.43. The average Bonchev–Trinajstić information content (AvgIpc) is 2.27. The van der Waals surface area contributed by atoms with Crippen LogP contribution in [0.4, 0.5) is 0 Å². The van der Waals surface area contributed by atoms with Crippen LogP contribution in [-0.2, 0) is 4.79 Å². The van der Waals surface area contributed by atoms with E-state index in [0.29, 0.717) is 19.3 Å². The fourth-order valence-corrected chi connectivity index (χ4v) is 2.21. The lowest BCUT2D eigenvalue weighted by atomic mass is 9.97. The van der Waals surface area contributed by atoms with Crippen LogP contribution in [0.2, 0.25) is 0 Å². The van der Waals surface area contributed by atoms with E-state index in [1.807, 2.05) is 39.8 Å². The number of amides is 1. The number of rotatable bonds is 6. The van der Waals surface area contributed by atoms with Crippen LogP contribution >= 0.6 is 0 Å². The van der Waals surface area contributed by atoms with Crippen LogP contribution in [0.15, 0.2) is 18.2 Å². The Morgan fingerprint density at radius 1 is 1.32 bits per heavy atom. The van der Waals surface area contributed by atoms with Crippen molar-refractivity contribution < 1.29 is 9.90 Å². The third-order valence-corrected chi connectivity index (χ3v) is 3.12. The standard InChI is InChI=1S/C16H25NO2/c1-11(2)17-16(19)7-5-6-15(18)14-9-8-12(3)10-13(14)4/h8-11,15,18H,5-7H2,1-4H3,(H,17,19). The SMILES string of the molecule is Cc1ccc(C(O)CCCC(=O)NC(C)C)c(C)c1. The maximum absolute atomic E-state index is 11.5. The minimum Gasteiger partial charge on any atom is -0.388 e. The zero-order valence-corrected chi connectivity index (χ0v) is 12.4. The third-order valence-electron chi connectivity index (χ3n) is 3.12. The molecule has 1 aromatic carbocycles. The summed E-state index contributed by atoms with van der Waals surface area (Å²) in [7, 11) is 0. The van der Waals surface area contributed by atoms with Gasteiger partial charge < -0.3 is 10.4 Å². The number of carbonyl (C=O) groups excluding carboxylic acids is 1. The van der Waals surface area contributed by atoms with Crippen molar-refractivity contribution >= 4 is 5.91 Å². The smallest absolute Gasteiger partial charge is 0.220 e. The Hall–Kier alpha value is -1.35. The Morgan fingerprint density at radius 2 is 2.00 bits per heavy atom. The quantitative estimate of drug-likeness (QED) is 0.829. The molecule has 0 fully saturated rings.